The fraction of sp³-hybridized carbons (Fsp3) is 0.350. The van der Waals surface area contributed by atoms with Gasteiger partial charge in [-0.15, -0.1) is 21.5 Å². The molecular weight excluding hydrogens is 428 g/mol. The minimum absolute atomic E-state index is 0.150. The Hall–Kier alpha value is -2.62. The number of nitrogens with zero attached hydrogens (tertiary/aromatic N) is 3. The normalized spacial score (nSPS) is 11.0. The SMILES string of the molecule is CCCN(CC(=O)Nc1cc(Cl)c(OC)cc1OC)Cc1nnc(-c2cccs2)o1. The maximum atomic E-state index is 12.7. The van der Waals surface area contributed by atoms with Gasteiger partial charge in [-0.1, -0.05) is 24.6 Å². The summed E-state index contributed by atoms with van der Waals surface area (Å²) in [6.45, 7) is 3.27. The Morgan fingerprint density at radius 2 is 2.07 bits per heavy atom. The van der Waals surface area contributed by atoms with Crippen LogP contribution in [0.1, 0.15) is 19.2 Å². The van der Waals surface area contributed by atoms with Crippen molar-refractivity contribution < 1.29 is 18.7 Å². The second kappa shape index (κ2) is 10.4. The first-order valence-electron chi connectivity index (χ1n) is 9.34. The number of rotatable bonds is 10. The lowest BCUT2D eigenvalue weighted by Crippen LogP contribution is -2.33. The van der Waals surface area contributed by atoms with E-state index in [1.54, 1.807) is 12.1 Å². The van der Waals surface area contributed by atoms with E-state index in [0.29, 0.717) is 47.1 Å². The van der Waals surface area contributed by atoms with Gasteiger partial charge in [0.2, 0.25) is 11.8 Å². The highest BCUT2D eigenvalue weighted by Crippen LogP contribution is 2.35. The summed E-state index contributed by atoms with van der Waals surface area (Å²) in [7, 11) is 3.03. The van der Waals surface area contributed by atoms with Crippen LogP contribution in [0.25, 0.3) is 10.8 Å². The van der Waals surface area contributed by atoms with E-state index in [-0.39, 0.29) is 12.5 Å². The molecule has 10 heteroatoms. The first-order chi connectivity index (χ1) is 14.5. The predicted octanol–water partition coefficient (Wildman–Crippen LogP) is 4.32. The molecule has 1 N–H and O–H groups in total. The number of methoxy groups -OCH3 is 2. The van der Waals surface area contributed by atoms with Crippen molar-refractivity contribution >= 4 is 34.5 Å². The first kappa shape index (κ1) is 22.1. The van der Waals surface area contributed by atoms with Gasteiger partial charge in [0.1, 0.15) is 11.5 Å². The van der Waals surface area contributed by atoms with Gasteiger partial charge in [-0.3, -0.25) is 9.69 Å². The van der Waals surface area contributed by atoms with Gasteiger partial charge in [0.15, 0.2) is 0 Å². The van der Waals surface area contributed by atoms with Gasteiger partial charge in [0, 0.05) is 6.07 Å². The Morgan fingerprint density at radius 1 is 1.27 bits per heavy atom. The van der Waals surface area contributed by atoms with E-state index >= 15 is 0 Å². The molecular formula is C20H23ClN4O4S. The lowest BCUT2D eigenvalue weighted by molar-refractivity contribution is -0.117. The van der Waals surface area contributed by atoms with Crippen molar-refractivity contribution in [2.24, 2.45) is 0 Å². The molecule has 0 bridgehead atoms. The number of anilines is 1. The van der Waals surface area contributed by atoms with Gasteiger partial charge in [-0.05, 0) is 30.5 Å². The zero-order valence-corrected chi connectivity index (χ0v) is 18.5. The summed E-state index contributed by atoms with van der Waals surface area (Å²) in [5, 5.41) is 13.4. The van der Waals surface area contributed by atoms with Gasteiger partial charge in [-0.2, -0.15) is 0 Å². The molecule has 0 saturated carbocycles. The first-order valence-corrected chi connectivity index (χ1v) is 10.6. The lowest BCUT2D eigenvalue weighted by atomic mass is 10.2. The number of aromatic nitrogens is 2. The molecule has 3 rings (SSSR count). The van der Waals surface area contributed by atoms with Crippen LogP contribution in [0.15, 0.2) is 34.1 Å². The fourth-order valence-electron chi connectivity index (χ4n) is 2.89. The van der Waals surface area contributed by atoms with Gasteiger partial charge < -0.3 is 19.2 Å². The van der Waals surface area contributed by atoms with Crippen LogP contribution in [0, 0.1) is 0 Å². The number of nitrogens with one attached hydrogen (secondary N) is 1. The number of hydrogen-bond donors (Lipinski definition) is 1. The molecule has 1 aromatic carbocycles. The number of carbonyl (C=O) groups is 1. The maximum absolute atomic E-state index is 12.7. The molecule has 160 valence electrons. The molecule has 0 atom stereocenters. The number of benzene rings is 1. The predicted molar refractivity (Wildman–Crippen MR) is 116 cm³/mol. The quantitative estimate of drug-likeness (QED) is 0.492. The molecule has 0 saturated heterocycles. The van der Waals surface area contributed by atoms with Crippen molar-refractivity contribution in [1.82, 2.24) is 15.1 Å². The van der Waals surface area contributed by atoms with E-state index in [9.17, 15) is 4.79 Å². The van der Waals surface area contributed by atoms with Crippen LogP contribution in [-0.2, 0) is 11.3 Å². The molecule has 30 heavy (non-hydrogen) atoms. The number of hydrogen-bond acceptors (Lipinski definition) is 8. The van der Waals surface area contributed by atoms with Crippen LogP contribution in [0.4, 0.5) is 5.69 Å². The molecule has 1 amide bonds. The second-order valence-corrected chi connectivity index (χ2v) is 7.78. The number of amides is 1. The summed E-state index contributed by atoms with van der Waals surface area (Å²) < 4.78 is 16.3. The third-order valence-electron chi connectivity index (χ3n) is 4.21. The number of thiophene rings is 1. The molecule has 0 radical (unpaired) electrons. The highest BCUT2D eigenvalue weighted by atomic mass is 35.5. The Bertz CT molecular complexity index is 977. The Morgan fingerprint density at radius 3 is 2.73 bits per heavy atom. The highest BCUT2D eigenvalue weighted by molar-refractivity contribution is 7.13. The summed E-state index contributed by atoms with van der Waals surface area (Å²) in [6, 6.07) is 7.09. The number of ether oxygens (including phenoxy) is 2. The highest BCUT2D eigenvalue weighted by Gasteiger charge is 2.18. The second-order valence-electron chi connectivity index (χ2n) is 6.42. The Labute approximate surface area is 183 Å². The maximum Gasteiger partial charge on any atom is 0.257 e. The number of carbonyl (C=O) groups excluding carboxylic acids is 1. The monoisotopic (exact) mass is 450 g/mol. The zero-order valence-electron chi connectivity index (χ0n) is 17.0. The average molecular weight is 451 g/mol. The van der Waals surface area contributed by atoms with Crippen LogP contribution in [0.2, 0.25) is 5.02 Å². The average Bonchev–Trinajstić information content (AvgIpc) is 3.40. The van der Waals surface area contributed by atoms with E-state index in [1.165, 1.54) is 25.6 Å². The molecule has 2 heterocycles. The molecule has 0 aliphatic rings. The fourth-order valence-corrected chi connectivity index (χ4v) is 3.77. The van der Waals surface area contributed by atoms with Crippen molar-refractivity contribution in [3.8, 4) is 22.3 Å². The minimum Gasteiger partial charge on any atom is -0.495 e. The standard InChI is InChI=1S/C20H23ClN4O4S/c1-4-7-25(12-19-23-24-20(29-19)17-6-5-8-30-17)11-18(26)22-14-9-13(21)15(27-2)10-16(14)28-3/h5-6,8-10H,4,7,11-12H2,1-3H3,(H,22,26). The summed E-state index contributed by atoms with van der Waals surface area (Å²) in [5.74, 6) is 1.67. The molecule has 0 spiro atoms. The molecule has 0 aliphatic carbocycles. The summed E-state index contributed by atoms with van der Waals surface area (Å²) in [4.78, 5) is 15.5. The Balaban J connectivity index is 1.66. The smallest absolute Gasteiger partial charge is 0.257 e. The van der Waals surface area contributed by atoms with Crippen LogP contribution < -0.4 is 14.8 Å². The van der Waals surface area contributed by atoms with Crippen LogP contribution in [0.5, 0.6) is 11.5 Å². The van der Waals surface area contributed by atoms with Gasteiger partial charge in [-0.25, -0.2) is 0 Å². The van der Waals surface area contributed by atoms with Crippen molar-refractivity contribution in [1.29, 1.82) is 0 Å². The summed E-state index contributed by atoms with van der Waals surface area (Å²) >= 11 is 7.71. The molecule has 0 unspecified atom stereocenters. The molecule has 3 aromatic rings. The lowest BCUT2D eigenvalue weighted by Gasteiger charge is -2.20. The van der Waals surface area contributed by atoms with Gasteiger partial charge >= 0.3 is 0 Å². The number of halogens is 1. The van der Waals surface area contributed by atoms with E-state index < -0.39 is 0 Å². The minimum atomic E-state index is -0.207. The van der Waals surface area contributed by atoms with Crippen LogP contribution in [0.3, 0.4) is 0 Å². The molecule has 2 aromatic heterocycles. The van der Waals surface area contributed by atoms with E-state index in [4.69, 9.17) is 25.5 Å². The Kier molecular flexibility index (Phi) is 7.67. The van der Waals surface area contributed by atoms with Gasteiger partial charge in [0.25, 0.3) is 5.89 Å². The molecule has 0 aliphatic heterocycles. The van der Waals surface area contributed by atoms with Crippen LogP contribution in [-0.4, -0.2) is 48.3 Å². The van der Waals surface area contributed by atoms with E-state index in [1.807, 2.05) is 29.3 Å². The summed E-state index contributed by atoms with van der Waals surface area (Å²) in [5.41, 5.74) is 0.475. The van der Waals surface area contributed by atoms with Crippen LogP contribution >= 0.6 is 22.9 Å². The third kappa shape index (κ3) is 5.50. The van der Waals surface area contributed by atoms with Crippen molar-refractivity contribution in [2.75, 3.05) is 32.6 Å². The van der Waals surface area contributed by atoms with Gasteiger partial charge in [0.05, 0.1) is 42.9 Å². The molecule has 0 fully saturated rings. The van der Waals surface area contributed by atoms with Crippen molar-refractivity contribution in [3.63, 3.8) is 0 Å². The third-order valence-corrected chi connectivity index (χ3v) is 5.37. The summed E-state index contributed by atoms with van der Waals surface area (Å²) in [6.07, 6.45) is 0.872. The topological polar surface area (TPSA) is 89.7 Å². The van der Waals surface area contributed by atoms with Crippen molar-refractivity contribution in [3.05, 3.63) is 40.6 Å². The van der Waals surface area contributed by atoms with E-state index in [2.05, 4.69) is 15.5 Å². The van der Waals surface area contributed by atoms with Crippen molar-refractivity contribution in [2.45, 2.75) is 19.9 Å². The zero-order chi connectivity index (χ0) is 21.5. The largest absolute Gasteiger partial charge is 0.495 e. The molecule has 8 nitrogen and oxygen atoms in total. The van der Waals surface area contributed by atoms with E-state index in [0.717, 1.165) is 11.3 Å².